The fraction of sp³-hybridized carbons (Fsp3) is 0.200. The molecule has 19 heavy (non-hydrogen) atoms. The summed E-state index contributed by atoms with van der Waals surface area (Å²) in [4.78, 5) is 3.26. The summed E-state index contributed by atoms with van der Waals surface area (Å²) in [6, 6.07) is 9.72. The van der Waals surface area contributed by atoms with Gasteiger partial charge in [-0.25, -0.2) is 0 Å². The van der Waals surface area contributed by atoms with Crippen LogP contribution in [0.5, 0.6) is 0 Å². The molecule has 0 aliphatic heterocycles. The third-order valence-corrected chi connectivity index (χ3v) is 3.66. The fourth-order valence-electron chi connectivity index (χ4n) is 2.44. The quantitative estimate of drug-likeness (QED) is 0.762. The van der Waals surface area contributed by atoms with E-state index in [1.54, 1.807) is 6.26 Å². The van der Waals surface area contributed by atoms with E-state index in [0.717, 1.165) is 28.1 Å². The van der Waals surface area contributed by atoms with Gasteiger partial charge >= 0.3 is 0 Å². The number of aromatic amines is 1. The van der Waals surface area contributed by atoms with Gasteiger partial charge in [0.15, 0.2) is 0 Å². The van der Waals surface area contributed by atoms with Gasteiger partial charge in [0.2, 0.25) is 0 Å². The summed E-state index contributed by atoms with van der Waals surface area (Å²) in [5.74, 6) is 1.17. The van der Waals surface area contributed by atoms with Gasteiger partial charge in [0.25, 0.3) is 0 Å². The fourth-order valence-corrected chi connectivity index (χ4v) is 2.62. The zero-order valence-electron chi connectivity index (χ0n) is 10.4. The molecular formula is C15H15ClN2O. The second kappa shape index (κ2) is 5.11. The van der Waals surface area contributed by atoms with Crippen LogP contribution in [0.3, 0.4) is 0 Å². The van der Waals surface area contributed by atoms with Crippen LogP contribution in [0, 0.1) is 0 Å². The summed E-state index contributed by atoms with van der Waals surface area (Å²) >= 11 is 6.07. The first-order valence-corrected chi connectivity index (χ1v) is 6.64. The Balaban J connectivity index is 1.99. The monoisotopic (exact) mass is 274 g/mol. The van der Waals surface area contributed by atoms with E-state index >= 15 is 0 Å². The van der Waals surface area contributed by atoms with Crippen LogP contribution in [0.15, 0.2) is 47.2 Å². The molecule has 0 radical (unpaired) electrons. The molecule has 2 aromatic heterocycles. The number of H-pyrrole nitrogens is 1. The average molecular weight is 275 g/mol. The number of rotatable bonds is 4. The highest BCUT2D eigenvalue weighted by molar-refractivity contribution is 6.31. The number of hydrogen-bond donors (Lipinski definition) is 2. The van der Waals surface area contributed by atoms with E-state index < -0.39 is 0 Å². The maximum Gasteiger partial charge on any atom is 0.104 e. The van der Waals surface area contributed by atoms with E-state index in [4.69, 9.17) is 21.8 Å². The third kappa shape index (κ3) is 2.39. The van der Waals surface area contributed by atoms with Crippen molar-refractivity contribution in [2.24, 2.45) is 5.73 Å². The number of hydrogen-bond acceptors (Lipinski definition) is 2. The number of furan rings is 1. The second-order valence-electron chi connectivity index (χ2n) is 4.65. The lowest BCUT2D eigenvalue weighted by atomic mass is 9.94. The van der Waals surface area contributed by atoms with Gasteiger partial charge < -0.3 is 15.1 Å². The molecule has 0 aliphatic carbocycles. The smallest absolute Gasteiger partial charge is 0.104 e. The van der Waals surface area contributed by atoms with Gasteiger partial charge in [0.1, 0.15) is 5.76 Å². The van der Waals surface area contributed by atoms with Gasteiger partial charge in [-0.2, -0.15) is 0 Å². The molecule has 1 atom stereocenters. The summed E-state index contributed by atoms with van der Waals surface area (Å²) in [7, 11) is 0. The zero-order chi connectivity index (χ0) is 13.2. The minimum Gasteiger partial charge on any atom is -0.469 e. The van der Waals surface area contributed by atoms with Crippen LogP contribution in [-0.4, -0.2) is 11.5 Å². The molecule has 0 saturated heterocycles. The topological polar surface area (TPSA) is 54.9 Å². The molecule has 0 bridgehead atoms. The highest BCUT2D eigenvalue weighted by Gasteiger charge is 2.16. The number of benzene rings is 1. The van der Waals surface area contributed by atoms with E-state index in [9.17, 15) is 0 Å². The molecule has 2 heterocycles. The molecule has 3 rings (SSSR count). The first-order valence-electron chi connectivity index (χ1n) is 6.27. The van der Waals surface area contributed by atoms with Crippen LogP contribution < -0.4 is 5.73 Å². The van der Waals surface area contributed by atoms with E-state index in [1.807, 2.05) is 36.5 Å². The van der Waals surface area contributed by atoms with Crippen LogP contribution >= 0.6 is 11.6 Å². The SMILES string of the molecule is NCC(Cc1ccco1)c1c[nH]c2ccc(Cl)cc12. The third-order valence-electron chi connectivity index (χ3n) is 3.43. The predicted octanol–water partition coefficient (Wildman–Crippen LogP) is 3.70. The van der Waals surface area contributed by atoms with E-state index in [2.05, 4.69) is 4.98 Å². The summed E-state index contributed by atoms with van der Waals surface area (Å²) in [5, 5.41) is 1.87. The van der Waals surface area contributed by atoms with Crippen LogP contribution in [0.1, 0.15) is 17.2 Å². The Morgan fingerprint density at radius 1 is 1.32 bits per heavy atom. The minimum absolute atomic E-state index is 0.221. The molecule has 98 valence electrons. The molecule has 0 spiro atoms. The molecule has 3 N–H and O–H groups in total. The summed E-state index contributed by atoms with van der Waals surface area (Å²) in [6.45, 7) is 0.570. The van der Waals surface area contributed by atoms with Gasteiger partial charge in [-0.05, 0) is 42.4 Å². The minimum atomic E-state index is 0.221. The van der Waals surface area contributed by atoms with E-state index in [-0.39, 0.29) is 5.92 Å². The molecule has 1 unspecified atom stereocenters. The van der Waals surface area contributed by atoms with Crippen LogP contribution in [0.4, 0.5) is 0 Å². The summed E-state index contributed by atoms with van der Waals surface area (Å²) in [6.07, 6.45) is 4.50. The van der Waals surface area contributed by atoms with Crippen molar-refractivity contribution in [3.05, 3.63) is 59.1 Å². The van der Waals surface area contributed by atoms with Crippen molar-refractivity contribution in [1.29, 1.82) is 0 Å². The van der Waals surface area contributed by atoms with Gasteiger partial charge in [-0.1, -0.05) is 11.6 Å². The molecule has 4 heteroatoms. The normalized spacial score (nSPS) is 12.9. The van der Waals surface area contributed by atoms with E-state index in [1.165, 1.54) is 5.56 Å². The van der Waals surface area contributed by atoms with Crippen molar-refractivity contribution in [1.82, 2.24) is 4.98 Å². The largest absolute Gasteiger partial charge is 0.469 e. The van der Waals surface area contributed by atoms with E-state index in [0.29, 0.717) is 6.54 Å². The molecule has 0 fully saturated rings. The zero-order valence-corrected chi connectivity index (χ0v) is 11.2. The van der Waals surface area contributed by atoms with Crippen LogP contribution in [0.25, 0.3) is 10.9 Å². The lowest BCUT2D eigenvalue weighted by Crippen LogP contribution is -2.14. The Labute approximate surface area is 116 Å². The van der Waals surface area contributed by atoms with Crippen molar-refractivity contribution in [2.75, 3.05) is 6.54 Å². The lowest BCUT2D eigenvalue weighted by molar-refractivity contribution is 0.487. The molecule has 0 saturated carbocycles. The maximum atomic E-state index is 6.07. The highest BCUT2D eigenvalue weighted by atomic mass is 35.5. The van der Waals surface area contributed by atoms with Gasteiger partial charge in [0.05, 0.1) is 6.26 Å². The van der Waals surface area contributed by atoms with Gasteiger partial charge in [0, 0.05) is 34.5 Å². The maximum absolute atomic E-state index is 6.07. The number of fused-ring (bicyclic) bond motifs is 1. The number of aromatic nitrogens is 1. The van der Waals surface area contributed by atoms with Gasteiger partial charge in [-0.15, -0.1) is 0 Å². The molecule has 3 nitrogen and oxygen atoms in total. The average Bonchev–Trinajstić information content (AvgIpc) is 3.04. The Hall–Kier alpha value is -1.71. The lowest BCUT2D eigenvalue weighted by Gasteiger charge is -2.12. The Morgan fingerprint density at radius 2 is 2.21 bits per heavy atom. The van der Waals surface area contributed by atoms with Crippen molar-refractivity contribution >= 4 is 22.5 Å². The Bertz CT molecular complexity index is 673. The van der Waals surface area contributed by atoms with Crippen LogP contribution in [-0.2, 0) is 6.42 Å². The molecule has 0 aliphatic rings. The van der Waals surface area contributed by atoms with Crippen molar-refractivity contribution in [3.63, 3.8) is 0 Å². The first-order chi connectivity index (χ1) is 9.28. The summed E-state index contributed by atoms with van der Waals surface area (Å²) < 4.78 is 5.41. The van der Waals surface area contributed by atoms with Gasteiger partial charge in [-0.3, -0.25) is 0 Å². The number of halogens is 1. The molecule has 1 aromatic carbocycles. The van der Waals surface area contributed by atoms with Crippen molar-refractivity contribution in [2.45, 2.75) is 12.3 Å². The number of nitrogens with two attached hydrogens (primary N) is 1. The standard InChI is InChI=1S/C15H15ClN2O/c16-11-3-4-15-13(7-11)14(9-18-15)10(8-17)6-12-2-1-5-19-12/h1-5,7,9-10,18H,6,8,17H2. The molecule has 3 aromatic rings. The number of nitrogens with one attached hydrogen (secondary N) is 1. The van der Waals surface area contributed by atoms with Crippen molar-refractivity contribution in [3.8, 4) is 0 Å². The molecular weight excluding hydrogens is 260 g/mol. The van der Waals surface area contributed by atoms with Crippen molar-refractivity contribution < 1.29 is 4.42 Å². The first kappa shape index (κ1) is 12.3. The Morgan fingerprint density at radius 3 is 2.95 bits per heavy atom. The second-order valence-corrected chi connectivity index (χ2v) is 5.09. The van der Waals surface area contributed by atoms with Crippen LogP contribution in [0.2, 0.25) is 5.02 Å². The Kier molecular flexibility index (Phi) is 3.32. The predicted molar refractivity (Wildman–Crippen MR) is 77.5 cm³/mol. The highest BCUT2D eigenvalue weighted by Crippen LogP contribution is 2.29. The summed E-state index contributed by atoms with van der Waals surface area (Å²) in [5.41, 5.74) is 8.19. The molecule has 0 amide bonds.